The van der Waals surface area contributed by atoms with Crippen LogP contribution in [0.4, 0.5) is 5.82 Å². The highest BCUT2D eigenvalue weighted by molar-refractivity contribution is 5.30. The first-order chi connectivity index (χ1) is 7.36. The Labute approximate surface area is 89.4 Å². The molecule has 0 spiro atoms. The third-order valence-corrected chi connectivity index (χ3v) is 2.53. The number of hydrogen-bond donors (Lipinski definition) is 2. The number of nitrogens with one attached hydrogen (secondary N) is 1. The van der Waals surface area contributed by atoms with E-state index in [0.29, 0.717) is 5.82 Å². The van der Waals surface area contributed by atoms with Crippen LogP contribution in [0.25, 0.3) is 0 Å². The summed E-state index contributed by atoms with van der Waals surface area (Å²) < 4.78 is 0. The first-order valence-corrected chi connectivity index (χ1v) is 5.17. The minimum atomic E-state index is 0.606. The standard InChI is InChI=1S/C9H10.C3H5N3/c1-2-5-9-7-3-6-8(9)4-1;4-3-1-5-2-6-3/h1-2,4-5H,3,6-7H2;1-2H,4H2,(H,5,6). The maximum absolute atomic E-state index is 5.16. The predicted molar refractivity (Wildman–Crippen MR) is 61.5 cm³/mol. The fourth-order valence-corrected chi connectivity index (χ4v) is 1.78. The lowest BCUT2D eigenvalue weighted by molar-refractivity contribution is 0.912. The van der Waals surface area contributed by atoms with Gasteiger partial charge in [-0.15, -0.1) is 0 Å². The van der Waals surface area contributed by atoms with E-state index in [2.05, 4.69) is 34.2 Å². The van der Waals surface area contributed by atoms with Crippen LogP contribution in [0, 0.1) is 0 Å². The third kappa shape index (κ3) is 2.59. The minimum Gasteiger partial charge on any atom is -0.384 e. The summed E-state index contributed by atoms with van der Waals surface area (Å²) >= 11 is 0. The molecule has 3 heteroatoms. The molecule has 0 radical (unpaired) electrons. The van der Waals surface area contributed by atoms with Gasteiger partial charge in [-0.2, -0.15) is 0 Å². The zero-order valence-corrected chi connectivity index (χ0v) is 8.61. The van der Waals surface area contributed by atoms with Crippen LogP contribution in [0.3, 0.4) is 0 Å². The van der Waals surface area contributed by atoms with E-state index in [0.717, 1.165) is 0 Å². The highest BCUT2D eigenvalue weighted by Gasteiger charge is 2.07. The second-order valence-corrected chi connectivity index (χ2v) is 3.63. The zero-order chi connectivity index (χ0) is 10.5. The maximum Gasteiger partial charge on any atom is 0.120 e. The van der Waals surface area contributed by atoms with Gasteiger partial charge in [-0.25, -0.2) is 4.98 Å². The van der Waals surface area contributed by atoms with Crippen LogP contribution in [-0.4, -0.2) is 9.97 Å². The lowest BCUT2D eigenvalue weighted by Gasteiger charge is -1.93. The summed E-state index contributed by atoms with van der Waals surface area (Å²) in [4.78, 5) is 6.31. The van der Waals surface area contributed by atoms with Gasteiger partial charge < -0.3 is 10.7 Å². The number of aromatic amines is 1. The van der Waals surface area contributed by atoms with Crippen LogP contribution in [0.2, 0.25) is 0 Å². The van der Waals surface area contributed by atoms with E-state index in [-0.39, 0.29) is 0 Å². The zero-order valence-electron chi connectivity index (χ0n) is 8.61. The van der Waals surface area contributed by atoms with Gasteiger partial charge in [0, 0.05) is 0 Å². The number of aryl methyl sites for hydroxylation is 2. The molecule has 3 rings (SSSR count). The number of imidazole rings is 1. The van der Waals surface area contributed by atoms with Crippen LogP contribution in [0.15, 0.2) is 36.8 Å². The Morgan fingerprint density at radius 3 is 2.20 bits per heavy atom. The fraction of sp³-hybridized carbons (Fsp3) is 0.250. The first-order valence-electron chi connectivity index (χ1n) is 5.17. The number of nitrogen functional groups attached to an aromatic ring is 1. The van der Waals surface area contributed by atoms with Gasteiger partial charge in [-0.3, -0.25) is 0 Å². The largest absolute Gasteiger partial charge is 0.384 e. The van der Waals surface area contributed by atoms with Crippen molar-refractivity contribution in [2.24, 2.45) is 0 Å². The van der Waals surface area contributed by atoms with Gasteiger partial charge in [0.25, 0.3) is 0 Å². The number of rotatable bonds is 0. The van der Waals surface area contributed by atoms with Crippen molar-refractivity contribution >= 4 is 5.82 Å². The monoisotopic (exact) mass is 201 g/mol. The Kier molecular flexibility index (Phi) is 3.02. The molecule has 1 aliphatic rings. The number of fused-ring (bicyclic) bond motifs is 1. The lowest BCUT2D eigenvalue weighted by atomic mass is 10.1. The van der Waals surface area contributed by atoms with Gasteiger partial charge in [0.1, 0.15) is 5.82 Å². The summed E-state index contributed by atoms with van der Waals surface area (Å²) in [5.74, 6) is 0.606. The smallest absolute Gasteiger partial charge is 0.120 e. The normalized spacial score (nSPS) is 12.8. The highest BCUT2D eigenvalue weighted by atomic mass is 14.9. The summed E-state index contributed by atoms with van der Waals surface area (Å²) in [6.45, 7) is 0. The van der Waals surface area contributed by atoms with E-state index in [4.69, 9.17) is 5.73 Å². The number of nitrogens with two attached hydrogens (primary N) is 1. The molecule has 15 heavy (non-hydrogen) atoms. The summed E-state index contributed by atoms with van der Waals surface area (Å²) in [6, 6.07) is 8.74. The Morgan fingerprint density at radius 2 is 1.80 bits per heavy atom. The lowest BCUT2D eigenvalue weighted by Crippen LogP contribution is -1.79. The maximum atomic E-state index is 5.16. The molecule has 2 aromatic rings. The molecule has 0 amide bonds. The molecule has 3 N–H and O–H groups in total. The minimum absolute atomic E-state index is 0.606. The molecule has 0 fully saturated rings. The molecule has 0 unspecified atom stereocenters. The number of nitrogens with zero attached hydrogens (tertiary/aromatic N) is 1. The van der Waals surface area contributed by atoms with Crippen LogP contribution in [0.1, 0.15) is 17.5 Å². The number of hydrogen-bond acceptors (Lipinski definition) is 2. The highest BCUT2D eigenvalue weighted by Crippen LogP contribution is 2.20. The molecule has 0 bridgehead atoms. The van der Waals surface area contributed by atoms with Crippen LogP contribution in [-0.2, 0) is 12.8 Å². The molecule has 78 valence electrons. The van der Waals surface area contributed by atoms with E-state index in [9.17, 15) is 0 Å². The van der Waals surface area contributed by atoms with E-state index < -0.39 is 0 Å². The van der Waals surface area contributed by atoms with Gasteiger partial charge in [-0.1, -0.05) is 24.3 Å². The summed E-state index contributed by atoms with van der Waals surface area (Å²) in [5, 5.41) is 0. The molecule has 1 heterocycles. The van der Waals surface area contributed by atoms with Gasteiger partial charge >= 0.3 is 0 Å². The SMILES string of the molecule is Nc1cnc[nH]1.c1ccc2c(c1)CCC2. The molecular weight excluding hydrogens is 186 g/mol. The second kappa shape index (κ2) is 4.64. The molecule has 0 atom stereocenters. The quantitative estimate of drug-likeness (QED) is 0.686. The van der Waals surface area contributed by atoms with E-state index >= 15 is 0 Å². The van der Waals surface area contributed by atoms with Crippen molar-refractivity contribution in [3.8, 4) is 0 Å². The molecule has 1 aliphatic carbocycles. The molecule has 0 aliphatic heterocycles. The van der Waals surface area contributed by atoms with Gasteiger partial charge in [0.15, 0.2) is 0 Å². The average molecular weight is 201 g/mol. The summed E-state index contributed by atoms with van der Waals surface area (Å²) in [6.07, 6.45) is 7.06. The van der Waals surface area contributed by atoms with E-state index in [1.54, 1.807) is 17.3 Å². The number of benzene rings is 1. The van der Waals surface area contributed by atoms with Crippen molar-refractivity contribution in [2.45, 2.75) is 19.3 Å². The molecule has 0 saturated heterocycles. The van der Waals surface area contributed by atoms with Crippen LogP contribution < -0.4 is 5.73 Å². The van der Waals surface area contributed by atoms with Crippen molar-refractivity contribution in [2.75, 3.05) is 5.73 Å². The van der Waals surface area contributed by atoms with Crippen molar-refractivity contribution in [3.05, 3.63) is 47.9 Å². The molecule has 3 nitrogen and oxygen atoms in total. The topological polar surface area (TPSA) is 54.7 Å². The third-order valence-electron chi connectivity index (χ3n) is 2.53. The Morgan fingerprint density at radius 1 is 1.13 bits per heavy atom. The Bertz CT molecular complexity index is 384. The number of anilines is 1. The fourth-order valence-electron chi connectivity index (χ4n) is 1.78. The van der Waals surface area contributed by atoms with Crippen molar-refractivity contribution in [3.63, 3.8) is 0 Å². The molecule has 1 aromatic heterocycles. The Hall–Kier alpha value is -1.77. The van der Waals surface area contributed by atoms with Crippen LogP contribution >= 0.6 is 0 Å². The van der Waals surface area contributed by atoms with Crippen molar-refractivity contribution < 1.29 is 0 Å². The summed E-state index contributed by atoms with van der Waals surface area (Å²) in [5.41, 5.74) is 8.29. The number of H-pyrrole nitrogens is 1. The molecular formula is C12H15N3. The molecule has 0 saturated carbocycles. The first kappa shape index (κ1) is 9.77. The van der Waals surface area contributed by atoms with Gasteiger partial charge in [0.05, 0.1) is 12.5 Å². The predicted octanol–water partition coefficient (Wildman–Crippen LogP) is 2.17. The second-order valence-electron chi connectivity index (χ2n) is 3.63. The van der Waals surface area contributed by atoms with E-state index in [1.807, 2.05) is 0 Å². The Balaban J connectivity index is 0.000000124. The van der Waals surface area contributed by atoms with Gasteiger partial charge in [-0.05, 0) is 30.4 Å². The van der Waals surface area contributed by atoms with Gasteiger partial charge in [0.2, 0.25) is 0 Å². The summed E-state index contributed by atoms with van der Waals surface area (Å²) in [7, 11) is 0. The van der Waals surface area contributed by atoms with E-state index in [1.165, 1.54) is 25.6 Å². The molecule has 1 aromatic carbocycles. The van der Waals surface area contributed by atoms with Crippen LogP contribution in [0.5, 0.6) is 0 Å². The average Bonchev–Trinajstić information content (AvgIpc) is 2.88. The van der Waals surface area contributed by atoms with Crippen molar-refractivity contribution in [1.29, 1.82) is 0 Å². The van der Waals surface area contributed by atoms with Crippen molar-refractivity contribution in [1.82, 2.24) is 9.97 Å². The number of aromatic nitrogens is 2.